The monoisotopic (exact) mass is 284 g/mol. The number of phenols is 1. The summed E-state index contributed by atoms with van der Waals surface area (Å²) in [4.78, 5) is 20.9. The van der Waals surface area contributed by atoms with Crippen molar-refractivity contribution in [2.24, 2.45) is 4.99 Å². The van der Waals surface area contributed by atoms with Crippen LogP contribution in [0.15, 0.2) is 23.2 Å². The maximum Gasteiger partial charge on any atom is 0.271 e. The quantitative estimate of drug-likeness (QED) is 0.853. The number of aliphatic imine (C=N–C) groups is 1. The number of hydroxylamine groups is 2. The fourth-order valence-electron chi connectivity index (χ4n) is 1.64. The minimum atomic E-state index is -0.704. The number of carbonyl (C=O) groups is 1. The first-order valence-corrected chi connectivity index (χ1v) is 6.53. The van der Waals surface area contributed by atoms with Gasteiger partial charge in [-0.3, -0.25) is 14.6 Å². The molecule has 1 aliphatic rings. The largest absolute Gasteiger partial charge is 0.504 e. The number of aromatic hydroxyl groups is 1. The molecule has 1 atom stereocenters. The standard InChI is InChI=1S/C12H13FN2O3S/c1-15(18-2)12(17)9-6-19-11(14-9)7-4-3-5-8(13)10(7)16/h3-5,9,16H,6H2,1-2H3/t9-/m0/s1. The first-order chi connectivity index (χ1) is 9.04. The zero-order valence-corrected chi connectivity index (χ0v) is 11.3. The molecule has 5 nitrogen and oxygen atoms in total. The fourth-order valence-corrected chi connectivity index (χ4v) is 2.69. The highest BCUT2D eigenvalue weighted by Gasteiger charge is 2.29. The number of thioether (sulfide) groups is 1. The van der Waals surface area contributed by atoms with Crippen molar-refractivity contribution < 1.29 is 19.1 Å². The van der Waals surface area contributed by atoms with Crippen LogP contribution in [-0.2, 0) is 9.63 Å². The van der Waals surface area contributed by atoms with Gasteiger partial charge in [0.2, 0.25) is 0 Å². The van der Waals surface area contributed by atoms with Crippen molar-refractivity contribution in [3.05, 3.63) is 29.6 Å². The summed E-state index contributed by atoms with van der Waals surface area (Å²) in [5.74, 6) is -0.981. The lowest BCUT2D eigenvalue weighted by Crippen LogP contribution is -2.34. The van der Waals surface area contributed by atoms with Crippen molar-refractivity contribution in [2.45, 2.75) is 6.04 Å². The van der Waals surface area contributed by atoms with Crippen LogP contribution in [0.2, 0.25) is 0 Å². The van der Waals surface area contributed by atoms with Gasteiger partial charge in [0, 0.05) is 12.8 Å². The molecule has 0 unspecified atom stereocenters. The number of hydrogen-bond acceptors (Lipinski definition) is 5. The molecule has 2 rings (SSSR count). The minimum Gasteiger partial charge on any atom is -0.504 e. The van der Waals surface area contributed by atoms with Gasteiger partial charge in [0.25, 0.3) is 5.91 Å². The van der Waals surface area contributed by atoms with Crippen LogP contribution in [0.3, 0.4) is 0 Å². The average Bonchev–Trinajstić information content (AvgIpc) is 2.89. The van der Waals surface area contributed by atoms with Gasteiger partial charge in [-0.2, -0.15) is 0 Å². The fraction of sp³-hybridized carbons (Fsp3) is 0.333. The van der Waals surface area contributed by atoms with Gasteiger partial charge in [-0.1, -0.05) is 6.07 Å². The zero-order chi connectivity index (χ0) is 14.0. The Kier molecular flexibility index (Phi) is 4.06. The maximum absolute atomic E-state index is 13.3. The highest BCUT2D eigenvalue weighted by molar-refractivity contribution is 8.14. The molecule has 0 spiro atoms. The average molecular weight is 284 g/mol. The van der Waals surface area contributed by atoms with E-state index in [0.717, 1.165) is 5.06 Å². The van der Waals surface area contributed by atoms with Gasteiger partial charge in [0.15, 0.2) is 11.6 Å². The van der Waals surface area contributed by atoms with Gasteiger partial charge >= 0.3 is 0 Å². The van der Waals surface area contributed by atoms with E-state index in [1.807, 2.05) is 0 Å². The topological polar surface area (TPSA) is 62.1 Å². The number of carbonyl (C=O) groups excluding carboxylic acids is 1. The number of nitrogens with zero attached hydrogens (tertiary/aromatic N) is 2. The van der Waals surface area contributed by atoms with Crippen LogP contribution < -0.4 is 0 Å². The zero-order valence-electron chi connectivity index (χ0n) is 10.5. The Morgan fingerprint density at radius 2 is 2.37 bits per heavy atom. The Hall–Kier alpha value is -1.60. The molecule has 1 heterocycles. The predicted molar refractivity (Wildman–Crippen MR) is 70.6 cm³/mol. The number of phenolic OH excluding ortho intramolecular Hbond substituents is 1. The molecule has 0 fully saturated rings. The van der Waals surface area contributed by atoms with E-state index >= 15 is 0 Å². The van der Waals surface area contributed by atoms with E-state index in [1.165, 1.54) is 38.1 Å². The summed E-state index contributed by atoms with van der Waals surface area (Å²) in [6.45, 7) is 0. The number of halogens is 1. The molecule has 0 aliphatic carbocycles. The van der Waals surface area contributed by atoms with E-state index in [9.17, 15) is 14.3 Å². The number of rotatable bonds is 3. The number of likely N-dealkylation sites (N-methyl/N-ethyl adjacent to an activating group) is 1. The van der Waals surface area contributed by atoms with Crippen LogP contribution in [0.4, 0.5) is 4.39 Å². The summed E-state index contributed by atoms with van der Waals surface area (Å²) in [7, 11) is 2.89. The van der Waals surface area contributed by atoms with Crippen molar-refractivity contribution in [3.63, 3.8) is 0 Å². The maximum atomic E-state index is 13.3. The molecule has 7 heteroatoms. The predicted octanol–water partition coefficient (Wildman–Crippen LogP) is 1.41. The van der Waals surface area contributed by atoms with Gasteiger partial charge in [-0.05, 0) is 12.1 Å². The number of para-hydroxylation sites is 1. The van der Waals surface area contributed by atoms with Crippen LogP contribution in [0, 0.1) is 5.82 Å². The van der Waals surface area contributed by atoms with E-state index in [0.29, 0.717) is 16.4 Å². The summed E-state index contributed by atoms with van der Waals surface area (Å²) in [5, 5.41) is 11.2. The second-order valence-electron chi connectivity index (χ2n) is 3.92. The van der Waals surface area contributed by atoms with Gasteiger partial charge in [-0.15, -0.1) is 11.8 Å². The Bertz CT molecular complexity index is 536. The van der Waals surface area contributed by atoms with Gasteiger partial charge < -0.3 is 5.11 Å². The summed E-state index contributed by atoms with van der Waals surface area (Å²) < 4.78 is 13.3. The molecular weight excluding hydrogens is 271 g/mol. The first-order valence-electron chi connectivity index (χ1n) is 5.54. The lowest BCUT2D eigenvalue weighted by Gasteiger charge is -2.15. The number of amides is 1. The van der Waals surface area contributed by atoms with E-state index in [1.54, 1.807) is 6.07 Å². The molecule has 1 amide bonds. The summed E-state index contributed by atoms with van der Waals surface area (Å²) >= 11 is 1.30. The third-order valence-electron chi connectivity index (χ3n) is 2.74. The molecule has 0 saturated heterocycles. The number of hydrogen-bond donors (Lipinski definition) is 1. The van der Waals surface area contributed by atoms with E-state index in [4.69, 9.17) is 4.84 Å². The Morgan fingerprint density at radius 3 is 3.05 bits per heavy atom. The molecule has 0 saturated carbocycles. The van der Waals surface area contributed by atoms with E-state index in [-0.39, 0.29) is 5.91 Å². The highest BCUT2D eigenvalue weighted by atomic mass is 32.2. The second-order valence-corrected chi connectivity index (χ2v) is 4.92. The molecule has 19 heavy (non-hydrogen) atoms. The molecule has 1 aromatic carbocycles. The molecule has 0 aromatic heterocycles. The van der Waals surface area contributed by atoms with Crippen molar-refractivity contribution in [1.29, 1.82) is 0 Å². The SMILES string of the molecule is CON(C)C(=O)[C@@H]1CSC(c2cccc(F)c2O)=N1. The van der Waals surface area contributed by atoms with Crippen LogP contribution in [0.5, 0.6) is 5.75 Å². The Balaban J connectivity index is 2.24. The molecule has 1 N–H and O–H groups in total. The van der Waals surface area contributed by atoms with Crippen LogP contribution in [0.1, 0.15) is 5.56 Å². The molecule has 102 valence electrons. The molecule has 1 aromatic rings. The van der Waals surface area contributed by atoms with Crippen LogP contribution in [-0.4, -0.2) is 47.1 Å². The van der Waals surface area contributed by atoms with Crippen LogP contribution >= 0.6 is 11.8 Å². The van der Waals surface area contributed by atoms with Crippen molar-refractivity contribution >= 4 is 22.7 Å². The highest BCUT2D eigenvalue weighted by Crippen LogP contribution is 2.30. The second kappa shape index (κ2) is 5.58. The lowest BCUT2D eigenvalue weighted by atomic mass is 10.2. The Morgan fingerprint density at radius 1 is 1.63 bits per heavy atom. The van der Waals surface area contributed by atoms with Gasteiger partial charge in [-0.25, -0.2) is 9.45 Å². The van der Waals surface area contributed by atoms with Crippen molar-refractivity contribution in [2.75, 3.05) is 19.9 Å². The Labute approximate surface area is 114 Å². The van der Waals surface area contributed by atoms with E-state index < -0.39 is 17.6 Å². The first kappa shape index (κ1) is 13.8. The van der Waals surface area contributed by atoms with Crippen molar-refractivity contribution in [1.82, 2.24) is 5.06 Å². The third kappa shape index (κ3) is 2.71. The third-order valence-corrected chi connectivity index (χ3v) is 3.82. The molecule has 0 radical (unpaired) electrons. The smallest absolute Gasteiger partial charge is 0.271 e. The molecule has 1 aliphatic heterocycles. The summed E-state index contributed by atoms with van der Waals surface area (Å²) in [5.41, 5.74) is 0.306. The minimum absolute atomic E-state index is 0.277. The van der Waals surface area contributed by atoms with Crippen LogP contribution in [0.25, 0.3) is 0 Å². The summed E-state index contributed by atoms with van der Waals surface area (Å²) in [6, 6.07) is 3.65. The molecule has 0 bridgehead atoms. The molecular formula is C12H13FN2O3S. The van der Waals surface area contributed by atoms with E-state index in [2.05, 4.69) is 4.99 Å². The number of benzene rings is 1. The van der Waals surface area contributed by atoms with Gasteiger partial charge in [0.1, 0.15) is 11.1 Å². The normalized spacial score (nSPS) is 18.3. The van der Waals surface area contributed by atoms with Crippen molar-refractivity contribution in [3.8, 4) is 5.75 Å². The van der Waals surface area contributed by atoms with Gasteiger partial charge in [0.05, 0.1) is 12.7 Å². The summed E-state index contributed by atoms with van der Waals surface area (Å²) in [6.07, 6.45) is 0. The lowest BCUT2D eigenvalue weighted by molar-refractivity contribution is -0.169.